The molecule has 9 heteroatoms. The number of rotatable bonds is 6. The number of amides is 2. The highest BCUT2D eigenvalue weighted by atomic mass is 32.2. The van der Waals surface area contributed by atoms with E-state index >= 15 is 0 Å². The third-order valence-corrected chi connectivity index (χ3v) is 7.20. The molecule has 1 N–H and O–H groups in total. The maximum Gasteiger partial charge on any atom is 0.237 e. The molecule has 0 spiro atoms. The van der Waals surface area contributed by atoms with E-state index in [0.717, 1.165) is 24.9 Å². The average Bonchev–Trinajstić information content (AvgIpc) is 3.32. The van der Waals surface area contributed by atoms with E-state index in [-0.39, 0.29) is 29.4 Å². The zero-order chi connectivity index (χ0) is 19.6. The molecule has 0 radical (unpaired) electrons. The summed E-state index contributed by atoms with van der Waals surface area (Å²) in [7, 11) is -1.49. The minimum Gasteiger partial charge on any atom is -0.472 e. The van der Waals surface area contributed by atoms with Gasteiger partial charge in [-0.2, -0.15) is 0 Å². The van der Waals surface area contributed by atoms with Gasteiger partial charge in [-0.3, -0.25) is 14.5 Å². The van der Waals surface area contributed by atoms with Crippen LogP contribution in [0.4, 0.5) is 0 Å². The number of nitrogens with zero attached hydrogens (tertiary/aromatic N) is 2. The number of sulfone groups is 1. The van der Waals surface area contributed by atoms with Gasteiger partial charge in [-0.05, 0) is 39.4 Å². The number of hydrogen-bond donors (Lipinski definition) is 1. The van der Waals surface area contributed by atoms with Crippen LogP contribution in [-0.4, -0.2) is 73.8 Å². The van der Waals surface area contributed by atoms with Crippen molar-refractivity contribution in [3.63, 3.8) is 0 Å². The first-order valence-corrected chi connectivity index (χ1v) is 11.1. The van der Waals surface area contributed by atoms with Crippen molar-refractivity contribution in [2.45, 2.75) is 38.4 Å². The third kappa shape index (κ3) is 4.52. The summed E-state index contributed by atoms with van der Waals surface area (Å²) in [5.41, 5.74) is 0.847. The molecule has 0 aliphatic carbocycles. The topological polar surface area (TPSA) is 99.9 Å². The molecule has 3 rings (SSSR count). The fourth-order valence-electron chi connectivity index (χ4n) is 3.94. The third-order valence-electron chi connectivity index (χ3n) is 5.47. The fourth-order valence-corrected chi connectivity index (χ4v) is 5.86. The zero-order valence-electron chi connectivity index (χ0n) is 15.8. The van der Waals surface area contributed by atoms with Crippen molar-refractivity contribution in [1.29, 1.82) is 0 Å². The highest BCUT2D eigenvalue weighted by molar-refractivity contribution is 7.91. The maximum absolute atomic E-state index is 13.0. The summed E-state index contributed by atoms with van der Waals surface area (Å²) >= 11 is 0. The summed E-state index contributed by atoms with van der Waals surface area (Å²) in [6.45, 7) is 3.50. The Morgan fingerprint density at radius 2 is 2.15 bits per heavy atom. The van der Waals surface area contributed by atoms with Gasteiger partial charge >= 0.3 is 0 Å². The molecule has 2 aliphatic heterocycles. The molecule has 2 amide bonds. The van der Waals surface area contributed by atoms with Crippen molar-refractivity contribution in [1.82, 2.24) is 15.1 Å². The molecule has 0 bridgehead atoms. The van der Waals surface area contributed by atoms with Gasteiger partial charge in [0.15, 0.2) is 9.84 Å². The molecule has 2 fully saturated rings. The number of hydrogen-bond acceptors (Lipinski definition) is 6. The summed E-state index contributed by atoms with van der Waals surface area (Å²) in [5, 5.41) is 2.85. The maximum atomic E-state index is 13.0. The van der Waals surface area contributed by atoms with Crippen LogP contribution in [0.25, 0.3) is 0 Å². The van der Waals surface area contributed by atoms with Gasteiger partial charge in [0.25, 0.3) is 0 Å². The average molecular weight is 397 g/mol. The van der Waals surface area contributed by atoms with Gasteiger partial charge in [0.2, 0.25) is 11.8 Å². The van der Waals surface area contributed by atoms with E-state index in [1.165, 1.54) is 6.26 Å². The standard InChI is InChI=1S/C18H27N3O5S/c1-3-21(9-13-6-8-26-10-13)18(23)14-11-27(24,25)12-15(14)19-17(22)16-5-4-7-20(16)2/h6,8,10,14-16H,3-5,7,9,11-12H2,1-2H3,(H,19,22)/t14-,15-,16?/m1/s1. The molecule has 1 unspecified atom stereocenters. The molecule has 2 saturated heterocycles. The lowest BCUT2D eigenvalue weighted by Crippen LogP contribution is -2.51. The summed E-state index contributed by atoms with van der Waals surface area (Å²) in [5.74, 6) is -1.59. The lowest BCUT2D eigenvalue weighted by Gasteiger charge is -2.28. The van der Waals surface area contributed by atoms with Gasteiger partial charge in [-0.1, -0.05) is 0 Å². The van der Waals surface area contributed by atoms with Crippen molar-refractivity contribution in [2.24, 2.45) is 5.92 Å². The van der Waals surface area contributed by atoms with Crippen LogP contribution in [0.1, 0.15) is 25.3 Å². The quantitative estimate of drug-likeness (QED) is 0.739. The molecule has 0 saturated carbocycles. The molecular weight excluding hydrogens is 370 g/mol. The summed E-state index contributed by atoms with van der Waals surface area (Å²) in [6.07, 6.45) is 4.79. The van der Waals surface area contributed by atoms with Crippen LogP contribution < -0.4 is 5.32 Å². The Morgan fingerprint density at radius 1 is 1.37 bits per heavy atom. The van der Waals surface area contributed by atoms with Crippen LogP contribution in [0.3, 0.4) is 0 Å². The number of carbonyl (C=O) groups excluding carboxylic acids is 2. The van der Waals surface area contributed by atoms with Crippen molar-refractivity contribution >= 4 is 21.7 Å². The zero-order valence-corrected chi connectivity index (χ0v) is 16.6. The molecule has 27 heavy (non-hydrogen) atoms. The molecule has 3 atom stereocenters. The van der Waals surface area contributed by atoms with E-state index in [1.807, 2.05) is 18.9 Å². The predicted molar refractivity (Wildman–Crippen MR) is 99.5 cm³/mol. The Morgan fingerprint density at radius 3 is 2.74 bits per heavy atom. The number of carbonyl (C=O) groups is 2. The molecule has 1 aromatic heterocycles. The lowest BCUT2D eigenvalue weighted by molar-refractivity contribution is -0.136. The molecule has 2 aliphatic rings. The highest BCUT2D eigenvalue weighted by Gasteiger charge is 2.45. The van der Waals surface area contributed by atoms with Gasteiger partial charge < -0.3 is 14.6 Å². The van der Waals surface area contributed by atoms with Crippen molar-refractivity contribution in [3.8, 4) is 0 Å². The Labute approximate surface area is 159 Å². The monoisotopic (exact) mass is 397 g/mol. The molecule has 8 nitrogen and oxygen atoms in total. The Balaban J connectivity index is 1.72. The molecule has 3 heterocycles. The van der Waals surface area contributed by atoms with E-state index in [4.69, 9.17) is 4.42 Å². The van der Waals surface area contributed by atoms with E-state index < -0.39 is 21.8 Å². The fraction of sp³-hybridized carbons (Fsp3) is 0.667. The Kier molecular flexibility index (Phi) is 5.90. The lowest BCUT2D eigenvalue weighted by atomic mass is 10.0. The van der Waals surface area contributed by atoms with Crippen LogP contribution in [0, 0.1) is 5.92 Å². The van der Waals surface area contributed by atoms with Gasteiger partial charge in [-0.15, -0.1) is 0 Å². The van der Waals surface area contributed by atoms with Crippen LogP contribution in [0.5, 0.6) is 0 Å². The second-order valence-electron chi connectivity index (χ2n) is 7.42. The Hall–Kier alpha value is -1.87. The minimum atomic E-state index is -3.37. The predicted octanol–water partition coefficient (Wildman–Crippen LogP) is 0.252. The first-order chi connectivity index (χ1) is 12.8. The van der Waals surface area contributed by atoms with Crippen molar-refractivity contribution in [2.75, 3.05) is 31.6 Å². The second-order valence-corrected chi connectivity index (χ2v) is 9.57. The number of nitrogens with one attached hydrogen (secondary N) is 1. The van der Waals surface area contributed by atoms with Crippen LogP contribution in [-0.2, 0) is 26.0 Å². The van der Waals surface area contributed by atoms with Crippen molar-refractivity contribution < 1.29 is 22.4 Å². The molecule has 0 aromatic carbocycles. The van der Waals surface area contributed by atoms with Gasteiger partial charge in [0.1, 0.15) is 0 Å². The number of furan rings is 1. The second kappa shape index (κ2) is 8.02. The first-order valence-electron chi connectivity index (χ1n) is 9.31. The minimum absolute atomic E-state index is 0.186. The Bertz CT molecular complexity index is 777. The first kappa shape index (κ1) is 19.9. The smallest absolute Gasteiger partial charge is 0.237 e. The summed E-state index contributed by atoms with van der Waals surface area (Å²) in [4.78, 5) is 29.2. The number of likely N-dealkylation sites (N-methyl/N-ethyl adjacent to an activating group) is 1. The van der Waals surface area contributed by atoms with Gasteiger partial charge in [-0.25, -0.2) is 8.42 Å². The van der Waals surface area contributed by atoms with Crippen molar-refractivity contribution in [3.05, 3.63) is 24.2 Å². The largest absolute Gasteiger partial charge is 0.472 e. The van der Waals surface area contributed by atoms with E-state index in [1.54, 1.807) is 17.2 Å². The van der Waals surface area contributed by atoms with Crippen LogP contribution in [0.2, 0.25) is 0 Å². The molecular formula is C18H27N3O5S. The SMILES string of the molecule is CCN(Cc1ccoc1)C(=O)[C@@H]1CS(=O)(=O)C[C@H]1NC(=O)C1CCCN1C. The van der Waals surface area contributed by atoms with E-state index in [0.29, 0.717) is 13.1 Å². The van der Waals surface area contributed by atoms with Gasteiger partial charge in [0, 0.05) is 18.7 Å². The van der Waals surface area contributed by atoms with Gasteiger partial charge in [0.05, 0.1) is 42.0 Å². The van der Waals surface area contributed by atoms with E-state index in [9.17, 15) is 18.0 Å². The summed E-state index contributed by atoms with van der Waals surface area (Å²) in [6, 6.07) is 0.843. The number of likely N-dealkylation sites (tertiary alicyclic amines) is 1. The molecule has 150 valence electrons. The molecule has 1 aromatic rings. The normalized spacial score (nSPS) is 27.6. The highest BCUT2D eigenvalue weighted by Crippen LogP contribution is 2.24. The summed E-state index contributed by atoms with van der Waals surface area (Å²) < 4.78 is 29.5. The van der Waals surface area contributed by atoms with E-state index in [2.05, 4.69) is 5.32 Å². The van der Waals surface area contributed by atoms with Crippen LogP contribution in [0.15, 0.2) is 23.0 Å². The van der Waals surface area contributed by atoms with Crippen LogP contribution >= 0.6 is 0 Å².